The van der Waals surface area contributed by atoms with E-state index in [-0.39, 0.29) is 6.04 Å². The van der Waals surface area contributed by atoms with E-state index in [0.717, 1.165) is 27.9 Å². The van der Waals surface area contributed by atoms with Crippen molar-refractivity contribution in [1.82, 2.24) is 4.67 Å². The zero-order valence-corrected chi connectivity index (χ0v) is 17.5. The summed E-state index contributed by atoms with van der Waals surface area (Å²) in [6, 6.07) is 30.5. The van der Waals surface area contributed by atoms with Gasteiger partial charge in [-0.1, -0.05) is 0 Å². The fourth-order valence-corrected chi connectivity index (χ4v) is 8.19. The van der Waals surface area contributed by atoms with Crippen molar-refractivity contribution in [2.45, 2.75) is 13.0 Å². The Morgan fingerprint density at radius 3 is 1.59 bits per heavy atom. The van der Waals surface area contributed by atoms with Crippen LogP contribution in [-0.2, 0) is 13.6 Å². The van der Waals surface area contributed by atoms with Gasteiger partial charge in [0, 0.05) is 0 Å². The van der Waals surface area contributed by atoms with E-state index < -0.39 is 7.43 Å². The van der Waals surface area contributed by atoms with Gasteiger partial charge in [-0.2, -0.15) is 0 Å². The van der Waals surface area contributed by atoms with Crippen LogP contribution in [0.25, 0.3) is 11.5 Å². The van der Waals surface area contributed by atoms with E-state index in [9.17, 15) is 0 Å². The third kappa shape index (κ3) is 2.64. The van der Waals surface area contributed by atoms with Gasteiger partial charge in [0.25, 0.3) is 0 Å². The van der Waals surface area contributed by atoms with Gasteiger partial charge in [-0.25, -0.2) is 0 Å². The number of nitrogens with zero attached hydrogens (tertiary/aromatic N) is 1. The Balaban J connectivity index is 1.75. The van der Waals surface area contributed by atoms with E-state index in [2.05, 4.69) is 11.6 Å². The maximum atomic E-state index is 6.91. The van der Waals surface area contributed by atoms with Crippen molar-refractivity contribution in [2.24, 2.45) is 0 Å². The van der Waals surface area contributed by atoms with Crippen molar-refractivity contribution in [3.05, 3.63) is 102 Å². The summed E-state index contributed by atoms with van der Waals surface area (Å²) >= 11 is 0. The molecule has 0 N–H and O–H groups in total. The minimum absolute atomic E-state index is 0.167. The monoisotopic (exact) mass is 405 g/mol. The van der Waals surface area contributed by atoms with Crippen LogP contribution in [0.1, 0.15) is 18.1 Å². The van der Waals surface area contributed by atoms with E-state index in [4.69, 9.17) is 13.6 Å². The van der Waals surface area contributed by atoms with Crippen molar-refractivity contribution in [1.29, 1.82) is 0 Å². The molecular formula is C24H24NO3P. The van der Waals surface area contributed by atoms with Crippen LogP contribution in [0.3, 0.4) is 0 Å². The molecule has 3 aromatic carbocycles. The molecule has 4 nitrogen and oxygen atoms in total. The summed E-state index contributed by atoms with van der Waals surface area (Å²) in [5, 5.41) is 0.935. The topological polar surface area (TPSA) is 30.9 Å². The minimum atomic E-state index is -3.80. The van der Waals surface area contributed by atoms with Gasteiger partial charge in [0.05, 0.1) is 0 Å². The number of rotatable bonds is 3. The van der Waals surface area contributed by atoms with E-state index in [1.54, 1.807) is 0 Å². The Morgan fingerprint density at radius 1 is 0.724 bits per heavy atom. The normalized spacial score (nSPS) is 23.9. The summed E-state index contributed by atoms with van der Waals surface area (Å²) in [7, 11) is -1.76. The second kappa shape index (κ2) is 6.70. The van der Waals surface area contributed by atoms with E-state index >= 15 is 0 Å². The summed E-state index contributed by atoms with van der Waals surface area (Å²) in [5.74, 6) is 1.44. The zero-order chi connectivity index (χ0) is 19.9. The maximum absolute atomic E-state index is 6.91. The first-order valence-corrected chi connectivity index (χ1v) is 11.8. The van der Waals surface area contributed by atoms with Gasteiger partial charge in [0.2, 0.25) is 0 Å². The molecule has 1 atom stereocenters. The molecule has 0 saturated carbocycles. The first kappa shape index (κ1) is 18.4. The fraction of sp³-hybridized carbons (Fsp3) is 0.167. The van der Waals surface area contributed by atoms with E-state index in [0.29, 0.717) is 6.61 Å². The van der Waals surface area contributed by atoms with Crippen LogP contribution in [0.15, 0.2) is 91.0 Å². The molecule has 0 bridgehead atoms. The number of likely N-dealkylation sites (N-methyl/N-ethyl adjacent to an activating group) is 1. The van der Waals surface area contributed by atoms with Gasteiger partial charge in [-0.3, -0.25) is 0 Å². The van der Waals surface area contributed by atoms with Gasteiger partial charge in [-0.05, 0) is 0 Å². The third-order valence-corrected chi connectivity index (χ3v) is 9.95. The third-order valence-electron chi connectivity index (χ3n) is 5.70. The molecule has 1 saturated heterocycles. The molecule has 148 valence electrons. The quantitative estimate of drug-likeness (QED) is 0.543. The first-order valence-electron chi connectivity index (χ1n) is 9.84. The average Bonchev–Trinajstić information content (AvgIpc) is 3.29. The van der Waals surface area contributed by atoms with Crippen LogP contribution in [0, 0.1) is 0 Å². The van der Waals surface area contributed by atoms with Crippen molar-refractivity contribution in [3.8, 4) is 0 Å². The van der Waals surface area contributed by atoms with Gasteiger partial charge in [-0.15, -0.1) is 0 Å². The molecule has 2 heterocycles. The van der Waals surface area contributed by atoms with Gasteiger partial charge < -0.3 is 0 Å². The van der Waals surface area contributed by atoms with Gasteiger partial charge in [0.1, 0.15) is 0 Å². The average molecular weight is 405 g/mol. The molecule has 29 heavy (non-hydrogen) atoms. The second-order valence-electron chi connectivity index (χ2n) is 7.47. The summed E-state index contributed by atoms with van der Waals surface area (Å²) in [4.78, 5) is 0. The predicted molar refractivity (Wildman–Crippen MR) is 118 cm³/mol. The molecule has 0 amide bonds. The van der Waals surface area contributed by atoms with Crippen molar-refractivity contribution in [2.75, 3.05) is 13.7 Å². The predicted octanol–water partition coefficient (Wildman–Crippen LogP) is 5.45. The molecular weight excluding hydrogens is 381 g/mol. The summed E-state index contributed by atoms with van der Waals surface area (Å²) in [5.41, 5.74) is 1.95. The molecule has 3 aromatic rings. The molecule has 0 unspecified atom stereocenters. The number of hydrogen-bond donors (Lipinski definition) is 0. The molecule has 0 aliphatic carbocycles. The summed E-state index contributed by atoms with van der Waals surface area (Å²) < 4.78 is 22.6. The van der Waals surface area contributed by atoms with Crippen molar-refractivity contribution >= 4 is 24.3 Å². The van der Waals surface area contributed by atoms with Crippen LogP contribution in [0.2, 0.25) is 0 Å². The summed E-state index contributed by atoms with van der Waals surface area (Å²) in [6.07, 6.45) is 0. The van der Waals surface area contributed by atoms with Crippen LogP contribution in [0.5, 0.6) is 0 Å². The Hall–Kier alpha value is -2.65. The van der Waals surface area contributed by atoms with Crippen LogP contribution in [-0.4, -0.2) is 24.4 Å². The molecule has 0 aromatic heterocycles. The Bertz CT molecular complexity index is 1000. The summed E-state index contributed by atoms with van der Waals surface area (Å²) in [6.45, 7) is 2.69. The first-order chi connectivity index (χ1) is 14.1. The number of benzene rings is 3. The van der Waals surface area contributed by atoms with Crippen LogP contribution < -0.4 is 5.30 Å². The van der Waals surface area contributed by atoms with Gasteiger partial charge in [0.15, 0.2) is 0 Å². The van der Waals surface area contributed by atoms with Crippen LogP contribution >= 0.6 is 7.43 Å². The molecule has 2 aliphatic rings. The molecule has 5 rings (SSSR count). The molecule has 1 fully saturated rings. The second-order valence-corrected chi connectivity index (χ2v) is 10.9. The fourth-order valence-electron chi connectivity index (χ4n) is 3.97. The zero-order valence-electron chi connectivity index (χ0n) is 16.6. The molecule has 0 radical (unpaired) electrons. The molecule has 5 heteroatoms. The standard InChI is InChI=1S/C24H24NO3P/c1-19-18-26-29(25(19)2,22-16-10-5-11-17-22)27-23(20-12-6-3-7-13-20)24(28-29)21-14-8-4-9-15-21/h3-17,19H,18H2,1-2H3/t19-/m0/s1. The van der Waals surface area contributed by atoms with Crippen molar-refractivity contribution in [3.63, 3.8) is 0 Å². The Morgan fingerprint density at radius 2 is 1.17 bits per heavy atom. The number of hydrogen-bond acceptors (Lipinski definition) is 4. The van der Waals surface area contributed by atoms with Crippen molar-refractivity contribution < 1.29 is 13.6 Å². The van der Waals surface area contributed by atoms with E-state index in [1.807, 2.05) is 98.0 Å². The Kier molecular flexibility index (Phi) is 4.25. The van der Waals surface area contributed by atoms with Gasteiger partial charge >= 0.3 is 171 Å². The SMILES string of the molecule is C[C@H]1COP2(c3ccccc3)(OC(c3ccccc3)=C(c3ccccc3)O2)N1C. The Labute approximate surface area is 171 Å². The molecule has 2 aliphatic heterocycles. The van der Waals surface area contributed by atoms with E-state index in [1.165, 1.54) is 0 Å². The van der Waals surface area contributed by atoms with Crippen LogP contribution in [0.4, 0.5) is 0 Å². The molecule has 1 spiro atoms.